The highest BCUT2D eigenvalue weighted by atomic mass is 35.5. The summed E-state index contributed by atoms with van der Waals surface area (Å²) in [5.41, 5.74) is 3.82. The van der Waals surface area contributed by atoms with Crippen LogP contribution >= 0.6 is 12.4 Å². The first-order valence-electron chi connectivity index (χ1n) is 8.74. The number of likely N-dealkylation sites (N-methyl/N-ethyl adjacent to an activating group) is 1. The Hall–Kier alpha value is -2.22. The Balaban J connectivity index is 0.00000210. The molecule has 1 aliphatic rings. The molecule has 1 fully saturated rings. The van der Waals surface area contributed by atoms with Crippen molar-refractivity contribution in [2.75, 3.05) is 26.7 Å². The van der Waals surface area contributed by atoms with E-state index in [-0.39, 0.29) is 24.3 Å². The Morgan fingerprint density at radius 3 is 2.67 bits per heavy atom. The third kappa shape index (κ3) is 3.63. The highest BCUT2D eigenvalue weighted by Crippen LogP contribution is 2.29. The molecule has 0 radical (unpaired) electrons. The van der Waals surface area contributed by atoms with Crippen LogP contribution in [0.2, 0.25) is 0 Å². The van der Waals surface area contributed by atoms with E-state index in [9.17, 15) is 4.39 Å². The fourth-order valence-corrected chi connectivity index (χ4v) is 3.54. The molecule has 0 bridgehead atoms. The van der Waals surface area contributed by atoms with Gasteiger partial charge >= 0.3 is 0 Å². The van der Waals surface area contributed by atoms with E-state index in [1.807, 2.05) is 19.9 Å². The van der Waals surface area contributed by atoms with Crippen LogP contribution in [0.25, 0.3) is 17.1 Å². The number of nitrogens with one attached hydrogen (secondary N) is 1. The zero-order chi connectivity index (χ0) is 18.3. The summed E-state index contributed by atoms with van der Waals surface area (Å²) < 4.78 is 20.9. The van der Waals surface area contributed by atoms with Crippen molar-refractivity contribution in [3.05, 3.63) is 53.4 Å². The number of hydrogen-bond acceptors (Lipinski definition) is 5. The summed E-state index contributed by atoms with van der Waals surface area (Å²) in [6.07, 6.45) is 0. The van der Waals surface area contributed by atoms with Crippen molar-refractivity contribution in [2.45, 2.75) is 19.9 Å². The van der Waals surface area contributed by atoms with Crippen molar-refractivity contribution in [3.63, 3.8) is 0 Å². The molecule has 1 N–H and O–H groups in total. The Bertz CT molecular complexity index is 921. The highest BCUT2D eigenvalue weighted by Gasteiger charge is 2.26. The predicted molar refractivity (Wildman–Crippen MR) is 104 cm³/mol. The fraction of sp³-hybridized carbons (Fsp3) is 0.368. The Kier molecular flexibility index (Phi) is 5.64. The van der Waals surface area contributed by atoms with Gasteiger partial charge in [0.25, 0.3) is 5.89 Å². The van der Waals surface area contributed by atoms with Crippen molar-refractivity contribution in [1.29, 1.82) is 0 Å². The van der Waals surface area contributed by atoms with Gasteiger partial charge < -0.3 is 14.4 Å². The number of halogens is 2. The first-order valence-corrected chi connectivity index (χ1v) is 8.74. The van der Waals surface area contributed by atoms with E-state index in [2.05, 4.69) is 32.0 Å². The second-order valence-electron chi connectivity index (χ2n) is 6.75. The molecule has 1 aliphatic heterocycles. The summed E-state index contributed by atoms with van der Waals surface area (Å²) in [5, 5.41) is 7.57. The Morgan fingerprint density at radius 2 is 1.96 bits per heavy atom. The van der Waals surface area contributed by atoms with Crippen molar-refractivity contribution < 1.29 is 8.91 Å². The van der Waals surface area contributed by atoms with Gasteiger partial charge in [0.1, 0.15) is 5.82 Å². The molecule has 1 saturated heterocycles. The number of hydrogen-bond donors (Lipinski definition) is 1. The van der Waals surface area contributed by atoms with Crippen LogP contribution in [0.5, 0.6) is 0 Å². The van der Waals surface area contributed by atoms with Gasteiger partial charge in [-0.05, 0) is 51.2 Å². The van der Waals surface area contributed by atoms with Crippen molar-refractivity contribution in [2.24, 2.45) is 0 Å². The van der Waals surface area contributed by atoms with E-state index in [1.54, 1.807) is 12.1 Å². The largest absolute Gasteiger partial charge is 0.334 e. The van der Waals surface area contributed by atoms with Crippen LogP contribution in [0.15, 0.2) is 34.9 Å². The summed E-state index contributed by atoms with van der Waals surface area (Å²) >= 11 is 0. The standard InChI is InChI=1S/C19H22FN5O.ClH/c1-12-10-16(13(2)25(12)15-6-4-14(20)5-7-15)19-22-18(23-26-19)17-11-21-8-9-24(17)3;/h4-7,10,17,21H,8-9,11H2,1-3H3;1H. The maximum Gasteiger partial charge on any atom is 0.259 e. The molecule has 4 rings (SSSR count). The molecule has 0 amide bonds. The minimum absolute atomic E-state index is 0. The molecule has 0 saturated carbocycles. The van der Waals surface area contributed by atoms with Gasteiger partial charge in [0.2, 0.25) is 0 Å². The first kappa shape index (κ1) is 19.5. The predicted octanol–water partition coefficient (Wildman–Crippen LogP) is 3.28. The van der Waals surface area contributed by atoms with Gasteiger partial charge in [-0.2, -0.15) is 4.98 Å². The second kappa shape index (κ2) is 7.80. The zero-order valence-corrected chi connectivity index (χ0v) is 16.4. The molecule has 8 heteroatoms. The average Bonchev–Trinajstić information content (AvgIpc) is 3.21. The summed E-state index contributed by atoms with van der Waals surface area (Å²) in [6.45, 7) is 6.74. The van der Waals surface area contributed by atoms with Gasteiger partial charge in [-0.25, -0.2) is 4.39 Å². The van der Waals surface area contributed by atoms with Crippen molar-refractivity contribution in [1.82, 2.24) is 24.9 Å². The molecule has 2 aromatic heterocycles. The van der Waals surface area contributed by atoms with Crippen LogP contribution in [0.3, 0.4) is 0 Å². The molecule has 27 heavy (non-hydrogen) atoms. The maximum absolute atomic E-state index is 13.2. The molecule has 1 aromatic carbocycles. The summed E-state index contributed by atoms with van der Waals surface area (Å²) in [6, 6.07) is 8.60. The molecule has 3 aromatic rings. The van der Waals surface area contributed by atoms with Crippen LogP contribution in [-0.4, -0.2) is 46.3 Å². The third-order valence-electron chi connectivity index (χ3n) is 5.00. The lowest BCUT2D eigenvalue weighted by molar-refractivity contribution is 0.190. The van der Waals surface area contributed by atoms with Gasteiger partial charge in [0.05, 0.1) is 11.6 Å². The lowest BCUT2D eigenvalue weighted by atomic mass is 10.2. The van der Waals surface area contributed by atoms with Gasteiger partial charge in [-0.1, -0.05) is 5.16 Å². The van der Waals surface area contributed by atoms with Crippen molar-refractivity contribution >= 4 is 12.4 Å². The molecule has 1 unspecified atom stereocenters. The smallest absolute Gasteiger partial charge is 0.259 e. The lowest BCUT2D eigenvalue weighted by Crippen LogP contribution is -2.44. The summed E-state index contributed by atoms with van der Waals surface area (Å²) in [4.78, 5) is 6.87. The lowest BCUT2D eigenvalue weighted by Gasteiger charge is -2.30. The topological polar surface area (TPSA) is 59.1 Å². The van der Waals surface area contributed by atoms with Crippen LogP contribution in [-0.2, 0) is 0 Å². The van der Waals surface area contributed by atoms with E-state index in [4.69, 9.17) is 4.52 Å². The van der Waals surface area contributed by atoms with E-state index < -0.39 is 0 Å². The molecule has 144 valence electrons. The molecule has 0 aliphatic carbocycles. The van der Waals surface area contributed by atoms with Gasteiger partial charge in [0.15, 0.2) is 5.82 Å². The Morgan fingerprint density at radius 1 is 1.22 bits per heavy atom. The number of aryl methyl sites for hydroxylation is 1. The fourth-order valence-electron chi connectivity index (χ4n) is 3.54. The molecule has 3 heterocycles. The van der Waals surface area contributed by atoms with Gasteiger partial charge in [-0.15, -0.1) is 12.4 Å². The van der Waals surface area contributed by atoms with Crippen LogP contribution in [0.1, 0.15) is 23.3 Å². The average molecular weight is 392 g/mol. The minimum Gasteiger partial charge on any atom is -0.334 e. The summed E-state index contributed by atoms with van der Waals surface area (Å²) in [5.74, 6) is 0.963. The van der Waals surface area contributed by atoms with Crippen molar-refractivity contribution in [3.8, 4) is 17.1 Å². The van der Waals surface area contributed by atoms with E-state index in [0.717, 1.165) is 42.3 Å². The quantitative estimate of drug-likeness (QED) is 0.742. The second-order valence-corrected chi connectivity index (χ2v) is 6.75. The molecule has 0 spiro atoms. The number of benzene rings is 1. The third-order valence-corrected chi connectivity index (χ3v) is 5.00. The molecule has 6 nitrogen and oxygen atoms in total. The number of nitrogens with zero attached hydrogens (tertiary/aromatic N) is 4. The normalized spacial score (nSPS) is 17.7. The molecular weight excluding hydrogens is 369 g/mol. The first-order chi connectivity index (χ1) is 12.5. The zero-order valence-electron chi connectivity index (χ0n) is 15.6. The minimum atomic E-state index is -0.247. The van der Waals surface area contributed by atoms with Crippen LogP contribution < -0.4 is 5.32 Å². The van der Waals surface area contributed by atoms with E-state index in [1.165, 1.54) is 12.1 Å². The Labute approximate surface area is 163 Å². The molecular formula is C19H23ClFN5O. The highest BCUT2D eigenvalue weighted by molar-refractivity contribution is 5.85. The van der Waals surface area contributed by atoms with Gasteiger partial charge in [-0.3, -0.25) is 4.90 Å². The van der Waals surface area contributed by atoms with Crippen LogP contribution in [0.4, 0.5) is 4.39 Å². The van der Waals surface area contributed by atoms with E-state index in [0.29, 0.717) is 11.7 Å². The SMILES string of the molecule is Cc1cc(-c2nc(C3CNCCN3C)no2)c(C)n1-c1ccc(F)cc1.Cl. The van der Waals surface area contributed by atoms with Crippen LogP contribution in [0, 0.1) is 19.7 Å². The molecule has 1 atom stereocenters. The monoisotopic (exact) mass is 391 g/mol. The van der Waals surface area contributed by atoms with E-state index >= 15 is 0 Å². The maximum atomic E-state index is 13.2. The van der Waals surface area contributed by atoms with Gasteiger partial charge in [0, 0.05) is 36.7 Å². The number of aromatic nitrogens is 3. The number of piperazine rings is 1. The number of rotatable bonds is 3. The summed E-state index contributed by atoms with van der Waals surface area (Å²) in [7, 11) is 2.07.